The molecule has 4 rings (SSSR count). The van der Waals surface area contributed by atoms with Crippen molar-refractivity contribution >= 4 is 29.7 Å². The maximum atomic E-state index is 13.2. The van der Waals surface area contributed by atoms with E-state index >= 15 is 0 Å². The van der Waals surface area contributed by atoms with Crippen molar-refractivity contribution in [3.05, 3.63) is 59.2 Å². The molecule has 5 atom stereocenters. The first-order valence-corrected chi connectivity index (χ1v) is 13.9. The quantitative estimate of drug-likeness (QED) is 0.150. The highest BCUT2D eigenvalue weighted by Crippen LogP contribution is 2.38. The van der Waals surface area contributed by atoms with Gasteiger partial charge < -0.3 is 50.0 Å². The highest BCUT2D eigenvalue weighted by Gasteiger charge is 2.53. The smallest absolute Gasteiger partial charge is 0.336 e. The summed E-state index contributed by atoms with van der Waals surface area (Å²) in [6.07, 6.45) is 0.444. The zero-order chi connectivity index (χ0) is 32.0. The first kappa shape index (κ1) is 32.6. The van der Waals surface area contributed by atoms with Gasteiger partial charge in [-0.15, -0.1) is 0 Å². The molecular formula is C31H34O13. The van der Waals surface area contributed by atoms with E-state index in [1.807, 2.05) is 0 Å². The Morgan fingerprint density at radius 2 is 1.68 bits per heavy atom. The van der Waals surface area contributed by atoms with Crippen molar-refractivity contribution in [3.8, 4) is 23.0 Å². The van der Waals surface area contributed by atoms with Gasteiger partial charge in [0.25, 0.3) is 0 Å². The van der Waals surface area contributed by atoms with Crippen LogP contribution in [-0.2, 0) is 35.2 Å². The molecule has 2 aromatic carbocycles. The van der Waals surface area contributed by atoms with Gasteiger partial charge in [-0.1, -0.05) is 18.2 Å². The summed E-state index contributed by atoms with van der Waals surface area (Å²) in [5.41, 5.74) is -1.08. The van der Waals surface area contributed by atoms with Gasteiger partial charge in [0, 0.05) is 19.4 Å². The number of carbonyl (C=O) groups excluding carboxylic acids is 2. The number of fused-ring (bicyclic) bond motifs is 1. The first-order chi connectivity index (χ1) is 20.9. The van der Waals surface area contributed by atoms with Crippen LogP contribution in [0.5, 0.6) is 23.0 Å². The van der Waals surface area contributed by atoms with E-state index in [9.17, 15) is 50.1 Å². The Hall–Kier alpha value is -4.27. The number of aliphatic carboxylic acids is 1. The van der Waals surface area contributed by atoms with Crippen LogP contribution >= 0.6 is 0 Å². The average molecular weight is 615 g/mol. The maximum absolute atomic E-state index is 13.2. The van der Waals surface area contributed by atoms with Gasteiger partial charge in [-0.25, -0.2) is 4.79 Å². The topological polar surface area (TPSA) is 221 Å². The SMILES string of the molecule is O=C(/C=C/c1ccc(O)c(O)c1)CO[C@@]1(C(=O)O)C[C@@H](O)[C@H]2OCCC[C@@H](C(=O)/C=C/c3cc(O)c(O)cc3CO)O[C@@H]2C1. The molecule has 0 amide bonds. The van der Waals surface area contributed by atoms with Gasteiger partial charge in [0.05, 0.1) is 18.8 Å². The standard InChI is InChI=1S/C31H34O13/c32-15-19-12-25(38)24(37)11-18(19)5-8-22(35)27-2-1-9-42-29-26(39)13-31(30(40)41,14-28(29)44-27)43-16-20(33)6-3-17-4-7-21(34)23(36)10-17/h3-8,10-12,26-29,32,34,36-39H,1-2,9,13-16H2,(H,40,41)/b6-3+,8-5+/t26-,27+,28-,29-,31+/m1/s1. The number of carboxylic acids is 1. The van der Waals surface area contributed by atoms with E-state index in [1.54, 1.807) is 0 Å². The summed E-state index contributed by atoms with van der Waals surface area (Å²) in [7, 11) is 0. The van der Waals surface area contributed by atoms with Crippen LogP contribution < -0.4 is 0 Å². The third kappa shape index (κ3) is 7.62. The van der Waals surface area contributed by atoms with Gasteiger partial charge in [0.1, 0.15) is 18.8 Å². The number of hydrogen-bond donors (Lipinski definition) is 7. The number of hydrogen-bond acceptors (Lipinski definition) is 12. The summed E-state index contributed by atoms with van der Waals surface area (Å²) >= 11 is 0. The Kier molecular flexibility index (Phi) is 10.4. The fourth-order valence-electron chi connectivity index (χ4n) is 5.20. The van der Waals surface area contributed by atoms with Crippen molar-refractivity contribution in [2.45, 2.75) is 62.3 Å². The predicted molar refractivity (Wildman–Crippen MR) is 153 cm³/mol. The molecule has 1 heterocycles. The lowest BCUT2D eigenvalue weighted by atomic mass is 9.78. The van der Waals surface area contributed by atoms with Gasteiger partial charge in [-0.3, -0.25) is 9.59 Å². The van der Waals surface area contributed by atoms with Crippen LogP contribution in [0.15, 0.2) is 42.5 Å². The van der Waals surface area contributed by atoms with Crippen LogP contribution in [0.2, 0.25) is 0 Å². The van der Waals surface area contributed by atoms with Gasteiger partial charge >= 0.3 is 5.97 Å². The minimum absolute atomic E-state index is 0.173. The van der Waals surface area contributed by atoms with Crippen LogP contribution in [0.3, 0.4) is 0 Å². The zero-order valence-electron chi connectivity index (χ0n) is 23.5. The predicted octanol–water partition coefficient (Wildman–Crippen LogP) is 1.79. The Morgan fingerprint density at radius 3 is 2.39 bits per heavy atom. The number of phenols is 4. The van der Waals surface area contributed by atoms with E-state index in [4.69, 9.17) is 14.2 Å². The molecule has 0 radical (unpaired) electrons. The second-order valence-electron chi connectivity index (χ2n) is 10.7. The van der Waals surface area contributed by atoms with Gasteiger partial charge in [0.2, 0.25) is 0 Å². The lowest BCUT2D eigenvalue weighted by molar-refractivity contribution is -0.225. The molecule has 13 nitrogen and oxygen atoms in total. The lowest BCUT2D eigenvalue weighted by Crippen LogP contribution is -2.60. The number of carbonyl (C=O) groups is 3. The number of carboxylic acid groups (broad SMARTS) is 1. The van der Waals surface area contributed by atoms with Crippen LogP contribution in [0.1, 0.15) is 42.4 Å². The Morgan fingerprint density at radius 1 is 0.955 bits per heavy atom. The number of ketones is 2. The summed E-state index contributed by atoms with van der Waals surface area (Å²) < 4.78 is 17.4. The van der Waals surface area contributed by atoms with Crippen LogP contribution in [0.4, 0.5) is 0 Å². The molecule has 44 heavy (non-hydrogen) atoms. The van der Waals surface area contributed by atoms with E-state index in [0.29, 0.717) is 12.0 Å². The summed E-state index contributed by atoms with van der Waals surface area (Å²) in [6.45, 7) is -0.946. The number of aromatic hydroxyl groups is 4. The molecule has 0 bridgehead atoms. The molecule has 2 fully saturated rings. The fourth-order valence-corrected chi connectivity index (χ4v) is 5.20. The average Bonchev–Trinajstić information content (AvgIpc) is 2.97. The van der Waals surface area contributed by atoms with Crippen molar-refractivity contribution in [1.29, 1.82) is 0 Å². The molecule has 2 aliphatic rings. The Labute approximate surface area is 251 Å². The fraction of sp³-hybridized carbons (Fsp3) is 0.387. The number of benzene rings is 2. The number of phenolic OH excluding ortho intramolecular Hbond substituents is 4. The minimum atomic E-state index is -2.04. The first-order valence-electron chi connectivity index (χ1n) is 13.9. The molecule has 2 aromatic rings. The Balaban J connectivity index is 1.48. The van der Waals surface area contributed by atoms with Gasteiger partial charge in [-0.2, -0.15) is 0 Å². The second-order valence-corrected chi connectivity index (χ2v) is 10.7. The van der Waals surface area contributed by atoms with E-state index in [0.717, 1.165) is 6.08 Å². The molecule has 13 heteroatoms. The van der Waals surface area contributed by atoms with Crippen LogP contribution in [0, 0.1) is 0 Å². The number of aliphatic hydroxyl groups is 2. The molecular weight excluding hydrogens is 580 g/mol. The molecule has 1 aliphatic carbocycles. The summed E-state index contributed by atoms with van der Waals surface area (Å²) in [4.78, 5) is 38.1. The third-order valence-electron chi connectivity index (χ3n) is 7.57. The largest absolute Gasteiger partial charge is 0.504 e. The zero-order valence-corrected chi connectivity index (χ0v) is 23.5. The monoisotopic (exact) mass is 614 g/mol. The van der Waals surface area contributed by atoms with E-state index in [2.05, 4.69) is 0 Å². The molecule has 1 saturated carbocycles. The molecule has 1 saturated heterocycles. The van der Waals surface area contributed by atoms with Crippen molar-refractivity contribution in [3.63, 3.8) is 0 Å². The maximum Gasteiger partial charge on any atom is 0.336 e. The number of aliphatic hydroxyl groups excluding tert-OH is 2. The highest BCUT2D eigenvalue weighted by atomic mass is 16.6. The Bertz CT molecular complexity index is 1450. The van der Waals surface area contributed by atoms with Gasteiger partial charge in [-0.05, 0) is 65.9 Å². The number of rotatable bonds is 10. The van der Waals surface area contributed by atoms with Crippen LogP contribution in [-0.4, -0.2) is 96.5 Å². The summed E-state index contributed by atoms with van der Waals surface area (Å²) in [5.74, 6) is -4.12. The van der Waals surface area contributed by atoms with Crippen molar-refractivity contribution < 1.29 is 64.3 Å². The molecule has 0 aromatic heterocycles. The molecule has 0 unspecified atom stereocenters. The van der Waals surface area contributed by atoms with Crippen molar-refractivity contribution in [2.24, 2.45) is 0 Å². The number of ether oxygens (including phenoxy) is 3. The van der Waals surface area contributed by atoms with E-state index in [-0.39, 0.29) is 42.1 Å². The summed E-state index contributed by atoms with van der Waals surface area (Å²) in [6, 6.07) is 6.28. The van der Waals surface area contributed by atoms with Crippen LogP contribution in [0.25, 0.3) is 12.2 Å². The third-order valence-corrected chi connectivity index (χ3v) is 7.57. The highest BCUT2D eigenvalue weighted by molar-refractivity contribution is 5.97. The lowest BCUT2D eigenvalue weighted by Gasteiger charge is -2.45. The molecule has 7 N–H and O–H groups in total. The second kappa shape index (κ2) is 14.0. The molecule has 236 valence electrons. The van der Waals surface area contributed by atoms with Crippen molar-refractivity contribution in [1.82, 2.24) is 0 Å². The van der Waals surface area contributed by atoms with Gasteiger partial charge in [0.15, 0.2) is 40.2 Å². The normalized spacial score (nSPS) is 25.8. The molecule has 1 aliphatic heterocycles. The van der Waals surface area contributed by atoms with E-state index < -0.39 is 78.7 Å². The van der Waals surface area contributed by atoms with E-state index in [1.165, 1.54) is 48.6 Å². The summed E-state index contributed by atoms with van der Waals surface area (Å²) in [5, 5.41) is 69.1. The molecule has 0 spiro atoms. The minimum Gasteiger partial charge on any atom is -0.504 e. The van der Waals surface area contributed by atoms with Crippen molar-refractivity contribution in [2.75, 3.05) is 13.2 Å².